The molecule has 0 aliphatic heterocycles. The van der Waals surface area contributed by atoms with E-state index in [0.29, 0.717) is 11.4 Å². The minimum Gasteiger partial charge on any atom is -0.480 e. The number of carbonyl (C=O) groups is 5. The second-order valence-electron chi connectivity index (χ2n) is 21.1. The number of nitrogens with two attached hydrogens (primary N) is 1. The summed E-state index contributed by atoms with van der Waals surface area (Å²) in [6, 6.07) is 30.7. The van der Waals surface area contributed by atoms with E-state index in [0.717, 1.165) is 22.3 Å². The Kier molecular flexibility index (Phi) is 24.6. The number of rotatable bonds is 12. The second kappa shape index (κ2) is 28.9. The number of carboxylic acid groups (broad SMARTS) is 1. The first-order valence-electron chi connectivity index (χ1n) is 24.2. The largest absolute Gasteiger partial charge is 0.480 e. The maximum Gasteiger partial charge on any atom is 0.408 e. The van der Waals surface area contributed by atoms with Gasteiger partial charge in [0.05, 0.1) is 29.5 Å². The number of nitrogens with one attached hydrogen (secondary N) is 4. The van der Waals surface area contributed by atoms with E-state index >= 15 is 0 Å². The molecule has 0 fully saturated rings. The SMILES string of the molecule is C[C@H](O)[C@@H](N)C(=O)Nc1ccc(C#Cc2ccccc2)cc1.C[C@H](OC(C)(C)C)[C@@H](NC(=O)OC(C)(C)C)C(=O)Nc1ccc(C#Cc2ccccc2)cc1.C[C@H](OC(C)(C)C)[C@@H](NC(=O)OC(C)(C)C)C(=O)O. The molecule has 16 nitrogen and oxygen atoms in total. The van der Waals surface area contributed by atoms with Crippen molar-refractivity contribution in [1.29, 1.82) is 0 Å². The maximum atomic E-state index is 13.0. The van der Waals surface area contributed by atoms with Crippen LogP contribution in [-0.4, -0.2) is 99.0 Å². The third kappa shape index (κ3) is 27.0. The molecule has 0 aliphatic rings. The Morgan fingerprint density at radius 1 is 0.473 bits per heavy atom. The Bertz CT molecular complexity index is 2540. The molecule has 400 valence electrons. The van der Waals surface area contributed by atoms with E-state index in [1.165, 1.54) is 6.92 Å². The Balaban J connectivity index is 0.000000400. The van der Waals surface area contributed by atoms with Gasteiger partial charge in [-0.1, -0.05) is 60.1 Å². The molecule has 4 amide bonds. The zero-order valence-corrected chi connectivity index (χ0v) is 45.5. The van der Waals surface area contributed by atoms with Crippen LogP contribution in [0, 0.1) is 23.7 Å². The van der Waals surface area contributed by atoms with Crippen molar-refractivity contribution in [3.8, 4) is 23.7 Å². The Morgan fingerprint density at radius 3 is 1.09 bits per heavy atom. The lowest BCUT2D eigenvalue weighted by Crippen LogP contribution is -2.53. The maximum absolute atomic E-state index is 13.0. The highest BCUT2D eigenvalue weighted by molar-refractivity contribution is 5.97. The molecule has 8 N–H and O–H groups in total. The number of aliphatic hydroxyl groups is 1. The summed E-state index contributed by atoms with van der Waals surface area (Å²) in [4.78, 5) is 59.9. The highest BCUT2D eigenvalue weighted by Gasteiger charge is 2.33. The fourth-order valence-corrected chi connectivity index (χ4v) is 6.17. The Hall–Kier alpha value is -7.21. The zero-order valence-electron chi connectivity index (χ0n) is 45.5. The van der Waals surface area contributed by atoms with Gasteiger partial charge in [0.1, 0.15) is 23.3 Å². The van der Waals surface area contributed by atoms with Gasteiger partial charge in [0, 0.05) is 33.6 Å². The number of amides is 4. The topological polar surface area (TPSA) is 237 Å². The summed E-state index contributed by atoms with van der Waals surface area (Å²) in [5, 5.41) is 28.9. The van der Waals surface area contributed by atoms with Crippen LogP contribution in [0.3, 0.4) is 0 Å². The van der Waals surface area contributed by atoms with E-state index in [4.69, 9.17) is 29.8 Å². The van der Waals surface area contributed by atoms with Crippen LogP contribution < -0.4 is 27.0 Å². The van der Waals surface area contributed by atoms with Gasteiger partial charge < -0.3 is 56.2 Å². The first-order valence-corrected chi connectivity index (χ1v) is 24.2. The molecule has 4 aromatic carbocycles. The van der Waals surface area contributed by atoms with E-state index < -0.39 is 88.8 Å². The molecule has 4 rings (SSSR count). The number of hydrogen-bond acceptors (Lipinski definition) is 11. The summed E-state index contributed by atoms with van der Waals surface area (Å²) in [6.07, 6.45) is -3.61. The van der Waals surface area contributed by atoms with E-state index in [1.54, 1.807) is 79.7 Å². The van der Waals surface area contributed by atoms with Gasteiger partial charge >= 0.3 is 18.2 Å². The normalized spacial score (nSPS) is 13.6. The minimum absolute atomic E-state index is 0.402. The summed E-state index contributed by atoms with van der Waals surface area (Å²) >= 11 is 0. The molecular weight excluding hydrogens is 943 g/mol. The number of alkyl carbamates (subject to hydrolysis) is 2. The highest BCUT2D eigenvalue weighted by atomic mass is 16.6. The van der Waals surface area contributed by atoms with Gasteiger partial charge in [0.2, 0.25) is 11.8 Å². The highest BCUT2D eigenvalue weighted by Crippen LogP contribution is 2.18. The van der Waals surface area contributed by atoms with Gasteiger partial charge in [-0.05, 0) is 177 Å². The lowest BCUT2D eigenvalue weighted by molar-refractivity contribution is -0.147. The lowest BCUT2D eigenvalue weighted by Gasteiger charge is -2.31. The van der Waals surface area contributed by atoms with Gasteiger partial charge in [0.25, 0.3) is 0 Å². The molecule has 0 heterocycles. The number of carbonyl (C=O) groups excluding carboxylic acids is 4. The third-order valence-corrected chi connectivity index (χ3v) is 9.29. The molecule has 16 heteroatoms. The van der Waals surface area contributed by atoms with Crippen LogP contribution >= 0.6 is 0 Å². The molecule has 0 aromatic heterocycles. The van der Waals surface area contributed by atoms with Gasteiger partial charge in [-0.2, -0.15) is 0 Å². The fraction of sp³-hybridized carbons (Fsp3) is 0.431. The standard InChI is InChI=1S/C27H34N2O4.C18H18N2O2.C13H25NO5/c1-19(32-26(2,3)4)23(29-25(31)33-27(5,6)7)24(30)28-22-17-15-21(16-18-22)14-13-20-11-9-8-10-12-20;1-13(21)17(19)18(22)20-16-11-9-15(10-12-16)8-7-14-5-3-2-4-6-14;1-8(18-12(2,3)4)9(10(15)16)14-11(17)19-13(5,6)7/h8-12,15-19,23H,1-7H3,(H,28,30)(H,29,31);2-6,9-13,17,21H,19H2,1H3,(H,20,22);8-9H,1-7H3,(H,14,17)(H,15,16)/t19-,23+;13-,17+;8-,9+/m000/s1. The van der Waals surface area contributed by atoms with Gasteiger partial charge in [-0.25, -0.2) is 14.4 Å². The number of aliphatic carboxylic acids is 1. The van der Waals surface area contributed by atoms with Crippen LogP contribution in [-0.2, 0) is 33.3 Å². The van der Waals surface area contributed by atoms with E-state index in [1.807, 2.05) is 126 Å². The first-order chi connectivity index (χ1) is 34.2. The number of carboxylic acids is 1. The van der Waals surface area contributed by atoms with Crippen molar-refractivity contribution in [3.05, 3.63) is 131 Å². The summed E-state index contributed by atoms with van der Waals surface area (Å²) in [5.41, 5.74) is 7.96. The average molecular weight is 1020 g/mol. The monoisotopic (exact) mass is 1020 g/mol. The molecule has 6 atom stereocenters. The number of anilines is 2. The molecule has 0 aliphatic carbocycles. The van der Waals surface area contributed by atoms with Crippen LogP contribution in [0.25, 0.3) is 0 Å². The summed E-state index contributed by atoms with van der Waals surface area (Å²) in [5.74, 6) is 10.3. The van der Waals surface area contributed by atoms with Crippen molar-refractivity contribution in [1.82, 2.24) is 10.6 Å². The quantitative estimate of drug-likeness (QED) is 0.0659. The Morgan fingerprint density at radius 2 is 0.784 bits per heavy atom. The predicted octanol–water partition coefficient (Wildman–Crippen LogP) is 9.02. The second-order valence-corrected chi connectivity index (χ2v) is 21.1. The van der Waals surface area contributed by atoms with Crippen LogP contribution in [0.15, 0.2) is 109 Å². The number of ether oxygens (including phenoxy) is 4. The van der Waals surface area contributed by atoms with Crippen LogP contribution in [0.1, 0.15) is 126 Å². The van der Waals surface area contributed by atoms with Gasteiger partial charge in [-0.3, -0.25) is 9.59 Å². The summed E-state index contributed by atoms with van der Waals surface area (Å²) in [7, 11) is 0. The average Bonchev–Trinajstić information content (AvgIpc) is 3.28. The first kappa shape index (κ1) is 62.9. The minimum atomic E-state index is -1.16. The molecule has 0 spiro atoms. The number of hydrogen-bond donors (Lipinski definition) is 7. The van der Waals surface area contributed by atoms with Crippen molar-refractivity contribution in [2.45, 2.75) is 163 Å². The van der Waals surface area contributed by atoms with Crippen molar-refractivity contribution >= 4 is 41.3 Å². The molecule has 0 saturated carbocycles. The predicted molar refractivity (Wildman–Crippen MR) is 289 cm³/mol. The summed E-state index contributed by atoms with van der Waals surface area (Å²) < 4.78 is 21.8. The van der Waals surface area contributed by atoms with Crippen molar-refractivity contribution < 1.29 is 53.1 Å². The van der Waals surface area contributed by atoms with Gasteiger partial charge in [0.15, 0.2) is 6.04 Å². The zero-order chi connectivity index (χ0) is 56.0. The molecule has 4 aromatic rings. The number of aliphatic hydroxyl groups excluding tert-OH is 1. The third-order valence-electron chi connectivity index (χ3n) is 9.29. The smallest absolute Gasteiger partial charge is 0.408 e. The van der Waals surface area contributed by atoms with E-state index in [9.17, 15) is 29.1 Å². The molecule has 0 radical (unpaired) electrons. The van der Waals surface area contributed by atoms with Crippen molar-refractivity contribution in [3.63, 3.8) is 0 Å². The Labute approximate surface area is 437 Å². The fourth-order valence-electron chi connectivity index (χ4n) is 6.17. The molecule has 0 saturated heterocycles. The lowest BCUT2D eigenvalue weighted by atomic mass is 10.1. The molecule has 0 bridgehead atoms. The van der Waals surface area contributed by atoms with Crippen molar-refractivity contribution in [2.24, 2.45) is 5.73 Å². The van der Waals surface area contributed by atoms with Crippen LogP contribution in [0.5, 0.6) is 0 Å². The summed E-state index contributed by atoms with van der Waals surface area (Å²) in [6.45, 7) is 26.3. The molecule has 74 heavy (non-hydrogen) atoms. The van der Waals surface area contributed by atoms with E-state index in [2.05, 4.69) is 44.9 Å². The van der Waals surface area contributed by atoms with Crippen molar-refractivity contribution in [2.75, 3.05) is 10.6 Å². The van der Waals surface area contributed by atoms with Gasteiger partial charge in [-0.15, -0.1) is 0 Å². The van der Waals surface area contributed by atoms with Crippen LogP contribution in [0.4, 0.5) is 21.0 Å². The molecular formula is C58H77N5O11. The van der Waals surface area contributed by atoms with Crippen LogP contribution in [0.2, 0.25) is 0 Å². The van der Waals surface area contributed by atoms with E-state index in [-0.39, 0.29) is 0 Å². The molecule has 0 unspecified atom stereocenters. The number of benzene rings is 4.